The van der Waals surface area contributed by atoms with Crippen LogP contribution in [-0.4, -0.2) is 59.0 Å². The molecule has 0 atom stereocenters. The molecule has 6 nitrogen and oxygen atoms in total. The molecule has 0 aromatic carbocycles. The first-order valence-electron chi connectivity index (χ1n) is 6.11. The summed E-state index contributed by atoms with van der Waals surface area (Å²) >= 11 is 1.14. The molecule has 8 heteroatoms. The second kappa shape index (κ2) is 6.00. The van der Waals surface area contributed by atoms with Crippen molar-refractivity contribution in [2.24, 2.45) is 0 Å². The topological polar surface area (TPSA) is 70.9 Å². The number of quaternary nitrogens is 1. The van der Waals surface area contributed by atoms with E-state index in [0.29, 0.717) is 13.1 Å². The number of sulfonamides is 1. The molecule has 1 aromatic heterocycles. The molecule has 0 unspecified atom stereocenters. The zero-order chi connectivity index (χ0) is 13.9. The zero-order valence-electron chi connectivity index (χ0n) is 10.8. The molecule has 0 aliphatic carbocycles. The van der Waals surface area contributed by atoms with Crippen molar-refractivity contribution in [1.82, 2.24) is 9.62 Å². The summed E-state index contributed by atoms with van der Waals surface area (Å²) in [5.41, 5.74) is 0. The highest BCUT2D eigenvalue weighted by Gasteiger charge is 2.23. The molecule has 1 aliphatic rings. The van der Waals surface area contributed by atoms with Crippen molar-refractivity contribution in [3.63, 3.8) is 0 Å². The molecule has 1 amide bonds. The van der Waals surface area contributed by atoms with Crippen LogP contribution in [0.2, 0.25) is 0 Å². The number of carbonyl (C=O) groups excluding carboxylic acids is 1. The van der Waals surface area contributed by atoms with Crippen LogP contribution in [0.5, 0.6) is 0 Å². The van der Waals surface area contributed by atoms with Gasteiger partial charge in [-0.25, -0.2) is 13.1 Å². The monoisotopic (exact) mass is 304 g/mol. The molecule has 106 valence electrons. The molecular weight excluding hydrogens is 286 g/mol. The minimum atomic E-state index is -3.55. The zero-order valence-corrected chi connectivity index (χ0v) is 12.4. The molecule has 0 spiro atoms. The fourth-order valence-corrected chi connectivity index (χ4v) is 3.91. The smallest absolute Gasteiger partial charge is 0.250 e. The number of nitrogens with one attached hydrogen (secondary N) is 2. The lowest BCUT2D eigenvalue weighted by atomic mass is 10.3. The lowest BCUT2D eigenvalue weighted by Gasteiger charge is -2.30. The van der Waals surface area contributed by atoms with Gasteiger partial charge in [0.2, 0.25) is 5.91 Å². The van der Waals surface area contributed by atoms with Gasteiger partial charge in [0.1, 0.15) is 4.21 Å². The van der Waals surface area contributed by atoms with Crippen LogP contribution in [0.3, 0.4) is 0 Å². The number of amides is 1. The molecular formula is C11H18N3O3S2+. The van der Waals surface area contributed by atoms with E-state index in [-0.39, 0.29) is 16.7 Å². The van der Waals surface area contributed by atoms with Crippen LogP contribution in [0.25, 0.3) is 0 Å². The first-order valence-corrected chi connectivity index (χ1v) is 8.47. The van der Waals surface area contributed by atoms with Gasteiger partial charge >= 0.3 is 0 Å². The maximum atomic E-state index is 11.9. The van der Waals surface area contributed by atoms with E-state index in [9.17, 15) is 13.2 Å². The van der Waals surface area contributed by atoms with Crippen molar-refractivity contribution >= 4 is 27.3 Å². The van der Waals surface area contributed by atoms with Crippen LogP contribution >= 0.6 is 11.3 Å². The first kappa shape index (κ1) is 14.4. The van der Waals surface area contributed by atoms with Crippen molar-refractivity contribution in [2.45, 2.75) is 4.21 Å². The van der Waals surface area contributed by atoms with Gasteiger partial charge in [-0.2, -0.15) is 0 Å². The summed E-state index contributed by atoms with van der Waals surface area (Å²) in [5, 5.41) is 1.69. The summed E-state index contributed by atoms with van der Waals surface area (Å²) in [6, 6.07) is 3.20. The Hall–Kier alpha value is -0.960. The van der Waals surface area contributed by atoms with Gasteiger partial charge in [0.05, 0.1) is 39.8 Å². The number of hydrogen-bond acceptors (Lipinski definition) is 4. The average Bonchev–Trinajstić information content (AvgIpc) is 2.91. The quantitative estimate of drug-likeness (QED) is 0.703. The van der Waals surface area contributed by atoms with Crippen molar-refractivity contribution in [1.29, 1.82) is 0 Å². The Bertz CT molecular complexity index is 519. The summed E-state index contributed by atoms with van der Waals surface area (Å²) in [6.07, 6.45) is 0. The fourth-order valence-electron chi connectivity index (χ4n) is 1.89. The van der Waals surface area contributed by atoms with E-state index < -0.39 is 10.0 Å². The number of likely N-dealkylation sites (N-methyl/N-ethyl adjacent to an activating group) is 1. The highest BCUT2D eigenvalue weighted by atomic mass is 32.2. The third kappa shape index (κ3) is 3.75. The Morgan fingerprint density at radius 2 is 2.16 bits per heavy atom. The summed E-state index contributed by atoms with van der Waals surface area (Å²) in [7, 11) is -1.46. The van der Waals surface area contributed by atoms with Gasteiger partial charge < -0.3 is 9.80 Å². The van der Waals surface area contributed by atoms with Crippen LogP contribution < -0.4 is 9.62 Å². The Morgan fingerprint density at radius 1 is 1.47 bits per heavy atom. The van der Waals surface area contributed by atoms with Crippen LogP contribution in [-0.2, 0) is 14.8 Å². The van der Waals surface area contributed by atoms with Crippen LogP contribution in [0.1, 0.15) is 0 Å². The Balaban J connectivity index is 1.87. The average molecular weight is 304 g/mol. The molecule has 0 radical (unpaired) electrons. The largest absolute Gasteiger partial charge is 0.334 e. The molecule has 1 aliphatic heterocycles. The van der Waals surface area contributed by atoms with Crippen molar-refractivity contribution in [3.05, 3.63) is 17.5 Å². The second-order valence-electron chi connectivity index (χ2n) is 4.59. The number of rotatable bonds is 4. The molecule has 19 heavy (non-hydrogen) atoms. The fraction of sp³-hybridized carbons (Fsp3) is 0.545. The summed E-state index contributed by atoms with van der Waals surface area (Å²) < 4.78 is 26.3. The minimum Gasteiger partial charge on any atom is -0.334 e. The molecule has 1 fully saturated rings. The van der Waals surface area contributed by atoms with Crippen molar-refractivity contribution in [3.8, 4) is 0 Å². The van der Waals surface area contributed by atoms with E-state index >= 15 is 0 Å². The molecule has 0 saturated carbocycles. The molecule has 1 aromatic rings. The predicted octanol–water partition coefficient (Wildman–Crippen LogP) is -1.62. The Kier molecular flexibility index (Phi) is 4.56. The van der Waals surface area contributed by atoms with Gasteiger partial charge in [0.25, 0.3) is 10.0 Å². The number of carbonyl (C=O) groups is 1. The third-order valence-electron chi connectivity index (χ3n) is 3.14. The van der Waals surface area contributed by atoms with Gasteiger partial charge in [0, 0.05) is 0 Å². The predicted molar refractivity (Wildman–Crippen MR) is 72.7 cm³/mol. The molecule has 2 rings (SSSR count). The summed E-state index contributed by atoms with van der Waals surface area (Å²) in [6.45, 7) is 3.02. The van der Waals surface area contributed by atoms with Gasteiger partial charge in [-0.05, 0) is 11.4 Å². The number of piperazine rings is 1. The molecule has 1 saturated heterocycles. The van der Waals surface area contributed by atoms with Crippen molar-refractivity contribution < 1.29 is 18.1 Å². The van der Waals surface area contributed by atoms with E-state index in [4.69, 9.17) is 0 Å². The van der Waals surface area contributed by atoms with E-state index in [2.05, 4.69) is 11.8 Å². The van der Waals surface area contributed by atoms with Gasteiger partial charge in [-0.1, -0.05) is 6.07 Å². The number of nitrogens with zero attached hydrogens (tertiary/aromatic N) is 1. The molecule has 2 N–H and O–H groups in total. The maximum Gasteiger partial charge on any atom is 0.250 e. The maximum absolute atomic E-state index is 11.9. The standard InChI is InChI=1S/C11H17N3O3S2/c1-13-4-6-14(7-5-13)10(15)9-12-19(16,17)11-3-2-8-18-11/h2-3,8,12H,4-7,9H2,1H3/p+1. The van der Waals surface area contributed by atoms with Crippen LogP contribution in [0, 0.1) is 0 Å². The Labute approximate surface area is 117 Å². The van der Waals surface area contributed by atoms with Gasteiger partial charge in [-0.15, -0.1) is 11.3 Å². The van der Waals surface area contributed by atoms with Crippen LogP contribution in [0.15, 0.2) is 21.7 Å². The SMILES string of the molecule is C[NH+]1CCN(C(=O)CNS(=O)(=O)c2cccs2)CC1. The van der Waals surface area contributed by atoms with E-state index in [1.165, 1.54) is 11.0 Å². The highest BCUT2D eigenvalue weighted by molar-refractivity contribution is 7.91. The molecule has 2 heterocycles. The van der Waals surface area contributed by atoms with Crippen molar-refractivity contribution in [2.75, 3.05) is 39.8 Å². The summed E-state index contributed by atoms with van der Waals surface area (Å²) in [4.78, 5) is 15.0. The van der Waals surface area contributed by atoms with Crippen LogP contribution in [0.4, 0.5) is 0 Å². The number of hydrogen-bond donors (Lipinski definition) is 2. The van der Waals surface area contributed by atoms with E-state index in [1.807, 2.05) is 0 Å². The van der Waals surface area contributed by atoms with Gasteiger partial charge in [-0.3, -0.25) is 4.79 Å². The third-order valence-corrected chi connectivity index (χ3v) is 5.94. The lowest BCUT2D eigenvalue weighted by Crippen LogP contribution is -3.12. The lowest BCUT2D eigenvalue weighted by molar-refractivity contribution is -0.883. The number of thiophene rings is 1. The highest BCUT2D eigenvalue weighted by Crippen LogP contribution is 2.14. The first-order chi connectivity index (χ1) is 8.99. The Morgan fingerprint density at radius 3 is 2.74 bits per heavy atom. The normalized spacial score (nSPS) is 17.6. The second-order valence-corrected chi connectivity index (χ2v) is 7.54. The molecule has 0 bridgehead atoms. The van der Waals surface area contributed by atoms with Gasteiger partial charge in [0.15, 0.2) is 0 Å². The van der Waals surface area contributed by atoms with E-state index in [1.54, 1.807) is 16.3 Å². The van der Waals surface area contributed by atoms with E-state index in [0.717, 1.165) is 24.4 Å². The minimum absolute atomic E-state index is 0.160. The summed E-state index contributed by atoms with van der Waals surface area (Å²) in [5.74, 6) is -0.160.